The minimum absolute atomic E-state index is 0.152. The fourth-order valence-electron chi connectivity index (χ4n) is 7.75. The van der Waals surface area contributed by atoms with E-state index in [2.05, 4.69) is 77.1 Å². The summed E-state index contributed by atoms with van der Waals surface area (Å²) in [5.74, 6) is 0.579. The highest BCUT2D eigenvalue weighted by Crippen LogP contribution is 2.41. The molecule has 2 heterocycles. The molecule has 2 N–H and O–H groups in total. The van der Waals surface area contributed by atoms with Crippen LogP contribution in [0.4, 0.5) is 14.4 Å². The first-order valence-corrected chi connectivity index (χ1v) is 18.6. The molecule has 2 saturated heterocycles. The largest absolute Gasteiger partial charge is 0.445 e. The van der Waals surface area contributed by atoms with Gasteiger partial charge in [-0.2, -0.15) is 0 Å². The molecule has 5 atom stereocenters. The van der Waals surface area contributed by atoms with Gasteiger partial charge in [0.2, 0.25) is 0 Å². The van der Waals surface area contributed by atoms with Crippen LogP contribution in [0.1, 0.15) is 91.3 Å². The van der Waals surface area contributed by atoms with Crippen LogP contribution in [-0.2, 0) is 20.8 Å². The van der Waals surface area contributed by atoms with Crippen molar-refractivity contribution in [3.8, 4) is 0 Å². The van der Waals surface area contributed by atoms with Gasteiger partial charge in [-0.05, 0) is 91.2 Å². The third-order valence-electron chi connectivity index (χ3n) is 10.3. The summed E-state index contributed by atoms with van der Waals surface area (Å²) in [5, 5.41) is 6.28. The van der Waals surface area contributed by atoms with Crippen molar-refractivity contribution in [3.05, 3.63) is 96.1 Å². The number of carbonyl (C=O) groups is 3. The molecule has 0 bridgehead atoms. The molecule has 3 amide bonds. The van der Waals surface area contributed by atoms with Crippen LogP contribution in [0.5, 0.6) is 0 Å². The fourth-order valence-corrected chi connectivity index (χ4v) is 7.75. The normalized spacial score (nSPS) is 25.9. The van der Waals surface area contributed by atoms with Crippen LogP contribution in [0.15, 0.2) is 85.0 Å². The second kappa shape index (κ2) is 16.1. The molecule has 6 rings (SSSR count). The van der Waals surface area contributed by atoms with Gasteiger partial charge >= 0.3 is 18.3 Å². The van der Waals surface area contributed by atoms with Crippen LogP contribution in [-0.4, -0.2) is 76.5 Å². The lowest BCUT2D eigenvalue weighted by atomic mass is 9.78. The Labute approximate surface area is 309 Å². The number of rotatable bonds is 6. The average Bonchev–Trinajstić information content (AvgIpc) is 3.65. The average molecular weight is 715 g/mol. The molecular weight excluding hydrogens is 656 g/mol. The van der Waals surface area contributed by atoms with Gasteiger partial charge in [0.15, 0.2) is 0 Å². The van der Waals surface area contributed by atoms with Gasteiger partial charge < -0.3 is 29.7 Å². The lowest BCUT2D eigenvalue weighted by Crippen LogP contribution is -2.56. The molecule has 0 radical (unpaired) electrons. The van der Waals surface area contributed by atoms with Crippen LogP contribution in [0, 0.1) is 11.8 Å². The number of alkyl carbamates (subject to hydrolysis) is 2. The Kier molecular flexibility index (Phi) is 12.1. The van der Waals surface area contributed by atoms with Gasteiger partial charge in [0, 0.05) is 38.1 Å². The number of ether oxygens (including phenoxy) is 3. The number of nitrogens with zero attached hydrogens (tertiary/aromatic N) is 2. The molecule has 10 heteroatoms. The highest BCUT2D eigenvalue weighted by Gasteiger charge is 2.51. The Bertz CT molecular complexity index is 1580. The molecular formula is C42H58N4O6. The predicted octanol–water partition coefficient (Wildman–Crippen LogP) is 8.16. The highest BCUT2D eigenvalue weighted by molar-refractivity contribution is 5.71. The zero-order valence-electron chi connectivity index (χ0n) is 32.0. The number of fused-ring (bicyclic) bond motifs is 2. The zero-order valence-corrected chi connectivity index (χ0v) is 32.0. The number of likely N-dealkylation sites (tertiary alicyclic amines) is 2. The van der Waals surface area contributed by atoms with E-state index in [1.807, 2.05) is 71.9 Å². The first-order valence-electron chi connectivity index (χ1n) is 18.6. The molecule has 4 aliphatic rings. The van der Waals surface area contributed by atoms with Gasteiger partial charge in [0.05, 0.1) is 11.1 Å². The van der Waals surface area contributed by atoms with Crippen LogP contribution < -0.4 is 10.6 Å². The van der Waals surface area contributed by atoms with E-state index in [1.54, 1.807) is 4.90 Å². The van der Waals surface area contributed by atoms with E-state index in [1.165, 1.54) is 5.56 Å². The molecule has 0 unspecified atom stereocenters. The van der Waals surface area contributed by atoms with Gasteiger partial charge in [-0.25, -0.2) is 14.4 Å². The lowest BCUT2D eigenvalue weighted by molar-refractivity contribution is 0.0416. The van der Waals surface area contributed by atoms with E-state index in [0.29, 0.717) is 31.5 Å². The van der Waals surface area contributed by atoms with Crippen LogP contribution in [0.2, 0.25) is 0 Å². The summed E-state index contributed by atoms with van der Waals surface area (Å²) in [6, 6.07) is 20.5. The Morgan fingerprint density at radius 3 is 1.77 bits per heavy atom. The van der Waals surface area contributed by atoms with Crippen molar-refractivity contribution >= 4 is 18.3 Å². The summed E-state index contributed by atoms with van der Waals surface area (Å²) < 4.78 is 16.4. The van der Waals surface area contributed by atoms with Crippen molar-refractivity contribution in [2.45, 2.75) is 109 Å². The zero-order chi connectivity index (χ0) is 37.6. The van der Waals surface area contributed by atoms with Crippen molar-refractivity contribution in [1.29, 1.82) is 0 Å². The Balaban J connectivity index is 0.000000202. The third-order valence-corrected chi connectivity index (χ3v) is 10.3. The van der Waals surface area contributed by atoms with Gasteiger partial charge in [0.1, 0.15) is 17.8 Å². The maximum absolute atomic E-state index is 12.6. The molecule has 2 aromatic carbocycles. The molecule has 2 aliphatic carbocycles. The fraction of sp³-hybridized carbons (Fsp3) is 0.548. The topological polar surface area (TPSA) is 109 Å². The van der Waals surface area contributed by atoms with E-state index in [-0.39, 0.29) is 30.3 Å². The van der Waals surface area contributed by atoms with Crippen molar-refractivity contribution < 1.29 is 28.6 Å². The standard InChI is InChI=1S/C21H28N2O4.C21H30N2O2/c1-20(2,3)27-18(24)22-21-12-8-7-11-17(21)13-23(15-21)19(25)26-14-16-9-5-4-6-10-16;1-16(17-10-6-5-7-11-17)23-14-18-12-8-9-13-21(18,15-23)22-19(24)25-20(2,3)4/h4-10,17H,11-15H2,1-3H3,(H,22,24);5-11,16,18H,12-15H2,1-4H3,(H,22,24)/t17-,21+;16-,18+,21-/m01/s1. The molecule has 10 nitrogen and oxygen atoms in total. The summed E-state index contributed by atoms with van der Waals surface area (Å²) >= 11 is 0. The maximum atomic E-state index is 12.6. The molecule has 0 aromatic heterocycles. The van der Waals surface area contributed by atoms with E-state index in [9.17, 15) is 14.4 Å². The number of nitrogens with one attached hydrogen (secondary N) is 2. The second-order valence-electron chi connectivity index (χ2n) is 16.7. The molecule has 282 valence electrons. The number of benzene rings is 2. The maximum Gasteiger partial charge on any atom is 0.410 e. The van der Waals surface area contributed by atoms with E-state index in [4.69, 9.17) is 14.2 Å². The van der Waals surface area contributed by atoms with E-state index < -0.39 is 22.8 Å². The number of carbonyl (C=O) groups excluding carboxylic acids is 3. The number of amides is 3. The van der Waals surface area contributed by atoms with Crippen molar-refractivity contribution in [2.24, 2.45) is 11.8 Å². The Hall–Kier alpha value is -4.31. The van der Waals surface area contributed by atoms with Gasteiger partial charge in [-0.3, -0.25) is 4.90 Å². The quantitative estimate of drug-likeness (QED) is 0.230. The van der Waals surface area contributed by atoms with Gasteiger partial charge in [0.25, 0.3) is 0 Å². The van der Waals surface area contributed by atoms with Crippen molar-refractivity contribution in [3.63, 3.8) is 0 Å². The van der Waals surface area contributed by atoms with Crippen molar-refractivity contribution in [1.82, 2.24) is 20.4 Å². The minimum atomic E-state index is -0.562. The highest BCUT2D eigenvalue weighted by atomic mass is 16.6. The third kappa shape index (κ3) is 10.2. The number of hydrogen-bond acceptors (Lipinski definition) is 7. The minimum Gasteiger partial charge on any atom is -0.445 e. The van der Waals surface area contributed by atoms with Crippen LogP contribution >= 0.6 is 0 Å². The second-order valence-corrected chi connectivity index (χ2v) is 16.7. The van der Waals surface area contributed by atoms with Crippen LogP contribution in [0.25, 0.3) is 0 Å². The van der Waals surface area contributed by atoms with E-state index in [0.717, 1.165) is 37.9 Å². The number of allylic oxidation sites excluding steroid dienone is 2. The SMILES string of the molecule is CC(C)(C)OC(=O)N[C@@]12CC=CC[C@H]1CN(C(=O)OCc1ccccc1)C2.C[C@H](c1ccccc1)N1C[C@@H]2CC=CC[C@@]2(NC(=O)OC(C)(C)C)C1. The molecule has 2 fully saturated rings. The Morgan fingerprint density at radius 2 is 1.23 bits per heavy atom. The monoisotopic (exact) mass is 714 g/mol. The lowest BCUT2D eigenvalue weighted by Gasteiger charge is -2.37. The first kappa shape index (κ1) is 38.9. The Morgan fingerprint density at radius 1 is 0.731 bits per heavy atom. The van der Waals surface area contributed by atoms with Crippen molar-refractivity contribution in [2.75, 3.05) is 26.2 Å². The smallest absolute Gasteiger partial charge is 0.410 e. The molecule has 0 spiro atoms. The molecule has 2 aromatic rings. The van der Waals surface area contributed by atoms with Gasteiger partial charge in [-0.15, -0.1) is 0 Å². The van der Waals surface area contributed by atoms with Gasteiger partial charge in [-0.1, -0.05) is 85.0 Å². The summed E-state index contributed by atoms with van der Waals surface area (Å²) in [5.41, 5.74) is 0.514. The summed E-state index contributed by atoms with van der Waals surface area (Å²) in [7, 11) is 0. The molecule has 52 heavy (non-hydrogen) atoms. The predicted molar refractivity (Wildman–Crippen MR) is 203 cm³/mol. The van der Waals surface area contributed by atoms with Crippen LogP contribution in [0.3, 0.4) is 0 Å². The summed E-state index contributed by atoms with van der Waals surface area (Å²) in [6.07, 6.45) is 10.9. The molecule has 2 aliphatic heterocycles. The molecule has 0 saturated carbocycles. The number of hydrogen-bond donors (Lipinski definition) is 2. The first-order chi connectivity index (χ1) is 24.6. The summed E-state index contributed by atoms with van der Waals surface area (Å²) in [4.78, 5) is 41.5. The summed E-state index contributed by atoms with van der Waals surface area (Å²) in [6.45, 7) is 16.6. The van der Waals surface area contributed by atoms with E-state index >= 15 is 0 Å².